The van der Waals surface area contributed by atoms with Crippen molar-refractivity contribution in [2.75, 3.05) is 0 Å². The normalized spacial score (nSPS) is 20.6. The highest BCUT2D eigenvalue weighted by molar-refractivity contribution is 5.93. The fourth-order valence-corrected chi connectivity index (χ4v) is 5.67. The fraction of sp³-hybridized carbons (Fsp3) is 0.400. The van der Waals surface area contributed by atoms with E-state index in [1.165, 1.54) is 6.07 Å². The number of aryl methyl sites for hydroxylation is 1. The zero-order valence-electron chi connectivity index (χ0n) is 18.7. The Morgan fingerprint density at radius 2 is 2.03 bits per heavy atom. The van der Waals surface area contributed by atoms with Gasteiger partial charge in [0.05, 0.1) is 29.0 Å². The molecule has 0 radical (unpaired) electrons. The number of hydrogen-bond acceptors (Lipinski definition) is 6. The Kier molecular flexibility index (Phi) is 4.32. The van der Waals surface area contributed by atoms with Gasteiger partial charge in [0.2, 0.25) is 0 Å². The van der Waals surface area contributed by atoms with Crippen molar-refractivity contribution in [3.63, 3.8) is 0 Å². The topological polar surface area (TPSA) is 93.5 Å². The highest BCUT2D eigenvalue weighted by Crippen LogP contribution is 2.45. The minimum atomic E-state index is -1.50. The Labute approximate surface area is 189 Å². The zero-order chi connectivity index (χ0) is 23.2. The average molecular weight is 449 g/mol. The van der Waals surface area contributed by atoms with Crippen molar-refractivity contribution in [2.24, 2.45) is 0 Å². The first-order valence-electron chi connectivity index (χ1n) is 11.3. The van der Waals surface area contributed by atoms with Crippen LogP contribution in [0.5, 0.6) is 0 Å². The molecule has 0 unspecified atom stereocenters. The highest BCUT2D eigenvalue weighted by Gasteiger charge is 2.37. The summed E-state index contributed by atoms with van der Waals surface area (Å²) in [7, 11) is 0. The smallest absolute Gasteiger partial charge is 0.340 e. The van der Waals surface area contributed by atoms with Crippen LogP contribution in [0.2, 0.25) is 0 Å². The number of cyclic esters (lactones) is 1. The van der Waals surface area contributed by atoms with Gasteiger partial charge in [-0.25, -0.2) is 14.2 Å². The van der Waals surface area contributed by atoms with Crippen LogP contribution in [0.3, 0.4) is 0 Å². The van der Waals surface area contributed by atoms with Crippen LogP contribution in [0.1, 0.15) is 65.8 Å². The van der Waals surface area contributed by atoms with Crippen LogP contribution in [-0.4, -0.2) is 26.7 Å². The lowest BCUT2D eigenvalue weighted by Gasteiger charge is -2.31. The number of aliphatic hydroxyl groups is 1. The van der Waals surface area contributed by atoms with Crippen LogP contribution in [0.25, 0.3) is 22.3 Å². The first kappa shape index (κ1) is 20.5. The zero-order valence-corrected chi connectivity index (χ0v) is 18.7. The summed E-state index contributed by atoms with van der Waals surface area (Å²) < 4.78 is 21.4. The van der Waals surface area contributed by atoms with Crippen LogP contribution in [0.4, 0.5) is 4.39 Å². The number of benzene rings is 1. The SMILES string of the molecule is Cc1c(F)cc2nc3c(c4c2c1CC[C@@H]4NC(C)C)Cn1c-3cc2c(c1=O)COC(=O)[C@H]2O. The van der Waals surface area contributed by atoms with Crippen LogP contribution in [0.15, 0.2) is 16.9 Å². The molecule has 7 nitrogen and oxygen atoms in total. The van der Waals surface area contributed by atoms with E-state index in [1.807, 2.05) is 6.92 Å². The molecule has 4 heterocycles. The van der Waals surface area contributed by atoms with E-state index in [9.17, 15) is 19.1 Å². The second-order valence-corrected chi connectivity index (χ2v) is 9.49. The number of nitrogens with one attached hydrogen (secondary N) is 1. The van der Waals surface area contributed by atoms with Crippen LogP contribution < -0.4 is 10.9 Å². The van der Waals surface area contributed by atoms with Crippen molar-refractivity contribution in [3.05, 3.63) is 61.7 Å². The molecule has 0 spiro atoms. The third kappa shape index (κ3) is 2.77. The molecule has 0 saturated heterocycles. The van der Waals surface area contributed by atoms with Crippen molar-refractivity contribution in [3.8, 4) is 11.4 Å². The van der Waals surface area contributed by atoms with Crippen molar-refractivity contribution in [2.45, 2.75) is 65.0 Å². The molecular formula is C25H24FN3O4. The van der Waals surface area contributed by atoms with Gasteiger partial charge in [-0.3, -0.25) is 4.79 Å². The molecule has 2 atom stereocenters. The molecule has 33 heavy (non-hydrogen) atoms. The Balaban J connectivity index is 1.67. The molecule has 0 bridgehead atoms. The van der Waals surface area contributed by atoms with Crippen molar-refractivity contribution in [1.29, 1.82) is 0 Å². The van der Waals surface area contributed by atoms with Crippen molar-refractivity contribution < 1.29 is 19.0 Å². The lowest BCUT2D eigenvalue weighted by Crippen LogP contribution is -2.33. The molecule has 8 heteroatoms. The quantitative estimate of drug-likeness (QED) is 0.457. The van der Waals surface area contributed by atoms with Gasteiger partial charge in [0, 0.05) is 34.7 Å². The number of carbonyl (C=O) groups is 1. The van der Waals surface area contributed by atoms with Gasteiger partial charge >= 0.3 is 5.97 Å². The van der Waals surface area contributed by atoms with Crippen LogP contribution in [-0.2, 0) is 29.1 Å². The summed E-state index contributed by atoms with van der Waals surface area (Å²) in [4.78, 5) is 30.1. The van der Waals surface area contributed by atoms with Gasteiger partial charge in [-0.05, 0) is 42.5 Å². The van der Waals surface area contributed by atoms with E-state index in [-0.39, 0.29) is 41.2 Å². The number of halogens is 1. The third-order valence-electron chi connectivity index (χ3n) is 7.18. The third-order valence-corrected chi connectivity index (χ3v) is 7.18. The van der Waals surface area contributed by atoms with E-state index in [1.54, 1.807) is 10.6 Å². The standard InChI is InChI=1S/C25H24FN3O4/c1-10(2)27-17-5-4-12-11(3)16(26)7-18-20(12)21(17)14-8-29-19(22(14)28-18)6-13-15(24(29)31)9-33-25(32)23(13)30/h6-7,10,17,23,27,30H,4-5,8-9H2,1-3H3/t17-,23-/m0/s1. The van der Waals surface area contributed by atoms with Gasteiger partial charge in [-0.2, -0.15) is 0 Å². The summed E-state index contributed by atoms with van der Waals surface area (Å²) in [6.45, 7) is 6.18. The maximum absolute atomic E-state index is 14.8. The maximum atomic E-state index is 14.8. The summed E-state index contributed by atoms with van der Waals surface area (Å²) in [6, 6.07) is 3.44. The molecule has 6 rings (SSSR count). The Morgan fingerprint density at radius 3 is 2.79 bits per heavy atom. The predicted molar refractivity (Wildman–Crippen MR) is 119 cm³/mol. The van der Waals surface area contributed by atoms with Crippen LogP contribution in [0, 0.1) is 12.7 Å². The van der Waals surface area contributed by atoms with Crippen molar-refractivity contribution >= 4 is 16.9 Å². The molecule has 2 aliphatic heterocycles. The average Bonchev–Trinajstić information content (AvgIpc) is 3.14. The molecule has 3 aromatic rings. The molecule has 2 aromatic heterocycles. The monoisotopic (exact) mass is 449 g/mol. The van der Waals surface area contributed by atoms with Crippen LogP contribution >= 0.6 is 0 Å². The van der Waals surface area contributed by atoms with Gasteiger partial charge in [0.25, 0.3) is 5.56 Å². The molecule has 0 amide bonds. The summed E-state index contributed by atoms with van der Waals surface area (Å²) in [6.07, 6.45) is 0.0755. The molecule has 2 N–H and O–H groups in total. The number of fused-ring (bicyclic) bond motifs is 5. The molecular weight excluding hydrogens is 425 g/mol. The number of pyridine rings is 2. The Bertz CT molecular complexity index is 1440. The first-order chi connectivity index (χ1) is 15.8. The van der Waals surface area contributed by atoms with E-state index in [2.05, 4.69) is 19.2 Å². The minimum absolute atomic E-state index is 0.0525. The number of nitrogens with zero attached hydrogens (tertiary/aromatic N) is 2. The maximum Gasteiger partial charge on any atom is 0.340 e. The molecule has 3 aliphatic rings. The number of carbonyl (C=O) groups excluding carboxylic acids is 1. The molecule has 0 fully saturated rings. The van der Waals surface area contributed by atoms with Gasteiger partial charge in [0.1, 0.15) is 12.4 Å². The lowest BCUT2D eigenvalue weighted by atomic mass is 9.81. The number of rotatable bonds is 2. The lowest BCUT2D eigenvalue weighted by molar-refractivity contribution is -0.157. The molecule has 1 aliphatic carbocycles. The van der Waals surface area contributed by atoms with E-state index in [4.69, 9.17) is 9.72 Å². The van der Waals surface area contributed by atoms with Crippen molar-refractivity contribution in [1.82, 2.24) is 14.9 Å². The largest absolute Gasteiger partial charge is 0.458 e. The summed E-state index contributed by atoms with van der Waals surface area (Å²) in [5.74, 6) is -1.06. The van der Waals surface area contributed by atoms with E-state index in [0.717, 1.165) is 34.9 Å². The minimum Gasteiger partial charge on any atom is -0.458 e. The van der Waals surface area contributed by atoms with Gasteiger partial charge in [0.15, 0.2) is 6.10 Å². The number of aliphatic hydroxyl groups excluding tert-OH is 1. The fourth-order valence-electron chi connectivity index (χ4n) is 5.67. The number of aromatic nitrogens is 2. The highest BCUT2D eigenvalue weighted by atomic mass is 19.1. The van der Waals surface area contributed by atoms with E-state index >= 15 is 0 Å². The number of esters is 1. The predicted octanol–water partition coefficient (Wildman–Crippen LogP) is 2.95. The van der Waals surface area contributed by atoms with Gasteiger partial charge in [-0.1, -0.05) is 13.8 Å². The van der Waals surface area contributed by atoms with E-state index in [0.29, 0.717) is 29.0 Å². The van der Waals surface area contributed by atoms with Gasteiger partial charge in [-0.15, -0.1) is 0 Å². The summed E-state index contributed by atoms with van der Waals surface area (Å²) in [5.41, 5.74) is 5.60. The second kappa shape index (κ2) is 6.95. The molecule has 170 valence electrons. The Morgan fingerprint density at radius 1 is 1.24 bits per heavy atom. The molecule has 1 aromatic carbocycles. The van der Waals surface area contributed by atoms with Gasteiger partial charge < -0.3 is 19.7 Å². The van der Waals surface area contributed by atoms with E-state index < -0.39 is 12.1 Å². The molecule has 0 saturated carbocycles. The second-order valence-electron chi connectivity index (χ2n) is 9.49. The summed E-state index contributed by atoms with van der Waals surface area (Å²) in [5, 5.41) is 15.0. The Hall–Kier alpha value is -3.10. The first-order valence-corrected chi connectivity index (χ1v) is 11.3. The number of hydrogen-bond donors (Lipinski definition) is 2. The summed E-state index contributed by atoms with van der Waals surface area (Å²) >= 11 is 0. The number of ether oxygens (including phenoxy) is 1.